The topological polar surface area (TPSA) is 111 Å². The van der Waals surface area contributed by atoms with Gasteiger partial charge in [0.2, 0.25) is 5.78 Å². The minimum Gasteiger partial charge on any atom is -0.497 e. The third-order valence-corrected chi connectivity index (χ3v) is 4.16. The van der Waals surface area contributed by atoms with Gasteiger partial charge in [-0.1, -0.05) is 0 Å². The maximum absolute atomic E-state index is 12.8. The van der Waals surface area contributed by atoms with Gasteiger partial charge in [0, 0.05) is 17.3 Å². The Hall–Kier alpha value is -3.09. The molecule has 0 aliphatic carbocycles. The van der Waals surface area contributed by atoms with Gasteiger partial charge in [-0.05, 0) is 45.4 Å². The molecule has 1 heterocycles. The molecule has 0 radical (unpaired) electrons. The molecule has 1 amide bonds. The number of amides is 1. The second-order valence-corrected chi connectivity index (χ2v) is 6.03. The first kappa shape index (κ1) is 19.2. The summed E-state index contributed by atoms with van der Waals surface area (Å²) >= 11 is 0. The number of nitrogens with two attached hydrogens (primary N) is 1. The van der Waals surface area contributed by atoms with Crippen molar-refractivity contribution in [1.29, 1.82) is 0 Å². The molecule has 0 fully saturated rings. The van der Waals surface area contributed by atoms with Gasteiger partial charge in [-0.25, -0.2) is 0 Å². The molecule has 1 unspecified atom stereocenters. The molecule has 0 bridgehead atoms. The van der Waals surface area contributed by atoms with Crippen LogP contribution >= 0.6 is 0 Å². The largest absolute Gasteiger partial charge is 0.497 e. The van der Waals surface area contributed by atoms with Gasteiger partial charge in [0.25, 0.3) is 5.91 Å². The number of primary amides is 1. The Morgan fingerprint density at radius 1 is 1.19 bits per heavy atom. The third-order valence-electron chi connectivity index (χ3n) is 4.16. The smallest absolute Gasteiger partial charge is 0.252 e. The van der Waals surface area contributed by atoms with E-state index in [1.54, 1.807) is 26.8 Å². The van der Waals surface area contributed by atoms with Crippen molar-refractivity contribution in [3.05, 3.63) is 46.3 Å². The molecule has 26 heavy (non-hydrogen) atoms. The van der Waals surface area contributed by atoms with Crippen LogP contribution in [0.5, 0.6) is 11.5 Å². The van der Waals surface area contributed by atoms with Gasteiger partial charge >= 0.3 is 0 Å². The number of rotatable bonds is 7. The molecule has 0 spiro atoms. The molecule has 2 rings (SSSR count). The Balaban J connectivity index is 2.35. The number of hydrogen-bond donors (Lipinski definition) is 2. The summed E-state index contributed by atoms with van der Waals surface area (Å²) in [6.45, 7) is 6.46. The van der Waals surface area contributed by atoms with Crippen LogP contribution in [0.15, 0.2) is 18.2 Å². The van der Waals surface area contributed by atoms with Gasteiger partial charge in [-0.15, -0.1) is 0 Å². The zero-order valence-electron chi connectivity index (χ0n) is 15.4. The van der Waals surface area contributed by atoms with Crippen LogP contribution < -0.4 is 15.2 Å². The van der Waals surface area contributed by atoms with Crippen LogP contribution in [-0.4, -0.2) is 35.7 Å². The Bertz CT molecular complexity index is 882. The van der Waals surface area contributed by atoms with E-state index in [9.17, 15) is 14.4 Å². The van der Waals surface area contributed by atoms with Crippen molar-refractivity contribution in [2.45, 2.75) is 33.8 Å². The molecule has 0 aliphatic rings. The van der Waals surface area contributed by atoms with Crippen molar-refractivity contribution in [2.24, 2.45) is 5.73 Å². The van der Waals surface area contributed by atoms with E-state index in [1.165, 1.54) is 26.2 Å². The number of Topliss-reactive ketones (excluding diaryl/α,β-unsaturated/α-hetero) is 2. The second-order valence-electron chi connectivity index (χ2n) is 6.03. The summed E-state index contributed by atoms with van der Waals surface area (Å²) in [5.41, 5.74) is 7.53. The number of carbonyl (C=O) groups excluding carboxylic acids is 3. The summed E-state index contributed by atoms with van der Waals surface area (Å²) < 4.78 is 10.8. The minimum atomic E-state index is -0.906. The lowest BCUT2D eigenvalue weighted by molar-refractivity contribution is 0.0805. The summed E-state index contributed by atoms with van der Waals surface area (Å²) in [7, 11) is 1.48. The average molecular weight is 358 g/mol. The fourth-order valence-electron chi connectivity index (χ4n) is 2.90. The molecule has 0 saturated carbocycles. The zero-order chi connectivity index (χ0) is 19.6. The number of aryl methyl sites for hydroxylation is 1. The van der Waals surface area contributed by atoms with Gasteiger partial charge in [0.15, 0.2) is 11.9 Å². The number of carbonyl (C=O) groups is 3. The van der Waals surface area contributed by atoms with E-state index in [2.05, 4.69) is 4.98 Å². The Morgan fingerprint density at radius 2 is 1.85 bits per heavy atom. The lowest BCUT2D eigenvalue weighted by Gasteiger charge is -2.16. The lowest BCUT2D eigenvalue weighted by Crippen LogP contribution is -2.26. The maximum Gasteiger partial charge on any atom is 0.252 e. The first-order chi connectivity index (χ1) is 12.2. The van der Waals surface area contributed by atoms with E-state index >= 15 is 0 Å². The number of aromatic nitrogens is 1. The number of methoxy groups -OCH3 is 1. The molecule has 3 N–H and O–H groups in total. The third kappa shape index (κ3) is 3.61. The molecule has 0 aliphatic heterocycles. The molecule has 7 nitrogen and oxygen atoms in total. The lowest BCUT2D eigenvalue weighted by atomic mass is 10.0. The number of aromatic amines is 1. The summed E-state index contributed by atoms with van der Waals surface area (Å²) in [6, 6.07) is 4.56. The predicted octanol–water partition coefficient (Wildman–Crippen LogP) is 2.59. The Kier molecular flexibility index (Phi) is 5.50. The Labute approximate surface area is 151 Å². The summed E-state index contributed by atoms with van der Waals surface area (Å²) in [5.74, 6) is -0.502. The molecule has 1 atom stereocenters. The van der Waals surface area contributed by atoms with Crippen LogP contribution in [0.4, 0.5) is 0 Å². The Morgan fingerprint density at radius 3 is 2.35 bits per heavy atom. The van der Waals surface area contributed by atoms with Crippen molar-refractivity contribution in [3.8, 4) is 11.5 Å². The van der Waals surface area contributed by atoms with E-state index in [4.69, 9.17) is 15.2 Å². The van der Waals surface area contributed by atoms with E-state index in [0.29, 0.717) is 28.3 Å². The van der Waals surface area contributed by atoms with Crippen LogP contribution in [0.2, 0.25) is 0 Å². The quantitative estimate of drug-likeness (QED) is 0.739. The fourth-order valence-corrected chi connectivity index (χ4v) is 2.90. The standard InChI is InChI=1S/C19H22N2O5/c1-9-16(11(3)22)10(2)21-17(9)18(23)12(4)26-15-8-13(25-5)6-7-14(15)19(20)24/h6-8,12,21H,1-5H3,(H2,20,24). The van der Waals surface area contributed by atoms with Crippen LogP contribution in [-0.2, 0) is 0 Å². The number of ketones is 2. The summed E-state index contributed by atoms with van der Waals surface area (Å²) in [6.07, 6.45) is -0.906. The first-order valence-corrected chi connectivity index (χ1v) is 8.06. The molecule has 7 heteroatoms. The fraction of sp³-hybridized carbons (Fsp3) is 0.316. The van der Waals surface area contributed by atoms with E-state index in [0.717, 1.165) is 0 Å². The highest BCUT2D eigenvalue weighted by molar-refractivity contribution is 6.05. The van der Waals surface area contributed by atoms with Crippen LogP contribution in [0.3, 0.4) is 0 Å². The number of nitrogens with one attached hydrogen (secondary N) is 1. The molecule has 0 saturated heterocycles. The highest BCUT2D eigenvalue weighted by Crippen LogP contribution is 2.27. The van der Waals surface area contributed by atoms with Gasteiger partial charge in [-0.3, -0.25) is 14.4 Å². The zero-order valence-corrected chi connectivity index (χ0v) is 15.4. The average Bonchev–Trinajstić information content (AvgIpc) is 2.88. The SMILES string of the molecule is COc1ccc(C(N)=O)c(OC(C)C(=O)c2[nH]c(C)c(C(C)=O)c2C)c1. The molecular weight excluding hydrogens is 336 g/mol. The highest BCUT2D eigenvalue weighted by Gasteiger charge is 2.26. The van der Waals surface area contributed by atoms with Crippen LogP contribution in [0.1, 0.15) is 56.3 Å². The van der Waals surface area contributed by atoms with Crippen LogP contribution in [0.25, 0.3) is 0 Å². The molecule has 1 aromatic heterocycles. The summed E-state index contributed by atoms with van der Waals surface area (Å²) in [4.78, 5) is 39.1. The van der Waals surface area contributed by atoms with Gasteiger partial charge < -0.3 is 20.2 Å². The molecule has 138 valence electrons. The van der Waals surface area contributed by atoms with E-state index in [-0.39, 0.29) is 22.9 Å². The molecule has 2 aromatic rings. The van der Waals surface area contributed by atoms with Crippen molar-refractivity contribution in [1.82, 2.24) is 4.98 Å². The summed E-state index contributed by atoms with van der Waals surface area (Å²) in [5, 5.41) is 0. The van der Waals surface area contributed by atoms with Gasteiger partial charge in [-0.2, -0.15) is 0 Å². The highest BCUT2D eigenvalue weighted by atomic mass is 16.5. The number of H-pyrrole nitrogens is 1. The van der Waals surface area contributed by atoms with Crippen molar-refractivity contribution >= 4 is 17.5 Å². The number of hydrogen-bond acceptors (Lipinski definition) is 5. The van der Waals surface area contributed by atoms with E-state index < -0.39 is 12.0 Å². The molecule has 1 aromatic carbocycles. The van der Waals surface area contributed by atoms with Gasteiger partial charge in [0.05, 0.1) is 18.4 Å². The van der Waals surface area contributed by atoms with Crippen molar-refractivity contribution in [3.63, 3.8) is 0 Å². The normalized spacial score (nSPS) is 11.7. The number of ether oxygens (including phenoxy) is 2. The van der Waals surface area contributed by atoms with E-state index in [1.807, 2.05) is 0 Å². The maximum atomic E-state index is 12.8. The predicted molar refractivity (Wildman–Crippen MR) is 96.2 cm³/mol. The van der Waals surface area contributed by atoms with Crippen molar-refractivity contribution < 1.29 is 23.9 Å². The van der Waals surface area contributed by atoms with Crippen molar-refractivity contribution in [2.75, 3.05) is 7.11 Å². The second kappa shape index (κ2) is 7.43. The minimum absolute atomic E-state index is 0.118. The van der Waals surface area contributed by atoms with Crippen LogP contribution in [0, 0.1) is 13.8 Å². The first-order valence-electron chi connectivity index (χ1n) is 8.06. The number of benzene rings is 1. The van der Waals surface area contributed by atoms with Gasteiger partial charge in [0.1, 0.15) is 11.5 Å². The molecular formula is C19H22N2O5. The monoisotopic (exact) mass is 358 g/mol.